The first kappa shape index (κ1) is 18.1. The van der Waals surface area contributed by atoms with Gasteiger partial charge in [-0.1, -0.05) is 18.2 Å². The molecule has 0 atom stereocenters. The van der Waals surface area contributed by atoms with E-state index in [2.05, 4.69) is 15.2 Å². The fraction of sp³-hybridized carbons (Fsp3) is 0.158. The molecule has 0 bridgehead atoms. The molecular formula is C19H18N4O4. The standard InChI is InChI=1S/C19H18N4O4/c1-12-20-17(22-21-12)13-7-6-8-14(11-13)23-10-5-4-9-15(18(24)26-2)16(23)19(25)27-3/h4-11H,1-3H3,(H,20,21,22). The first-order chi connectivity index (χ1) is 13.0. The summed E-state index contributed by atoms with van der Waals surface area (Å²) in [6, 6.07) is 7.29. The quantitative estimate of drug-likeness (QED) is 0.829. The number of carbonyl (C=O) groups excluding carboxylic acids is 2. The maximum absolute atomic E-state index is 12.5. The van der Waals surface area contributed by atoms with Gasteiger partial charge in [0.15, 0.2) is 5.82 Å². The molecule has 0 spiro atoms. The molecule has 8 nitrogen and oxygen atoms in total. The summed E-state index contributed by atoms with van der Waals surface area (Å²) in [4.78, 5) is 30.6. The van der Waals surface area contributed by atoms with Crippen LogP contribution < -0.4 is 4.90 Å². The van der Waals surface area contributed by atoms with Crippen LogP contribution in [0.5, 0.6) is 0 Å². The number of aromatic nitrogens is 3. The Morgan fingerprint density at radius 2 is 1.89 bits per heavy atom. The number of benzene rings is 1. The molecule has 1 aromatic heterocycles. The van der Waals surface area contributed by atoms with Crippen molar-refractivity contribution in [3.63, 3.8) is 0 Å². The zero-order valence-electron chi connectivity index (χ0n) is 15.1. The minimum Gasteiger partial charge on any atom is -0.465 e. The van der Waals surface area contributed by atoms with E-state index < -0.39 is 11.9 Å². The van der Waals surface area contributed by atoms with E-state index in [9.17, 15) is 9.59 Å². The maximum atomic E-state index is 12.5. The van der Waals surface area contributed by atoms with E-state index in [1.54, 1.807) is 29.3 Å². The van der Waals surface area contributed by atoms with E-state index in [0.717, 1.165) is 5.56 Å². The number of aromatic amines is 1. The van der Waals surface area contributed by atoms with Crippen molar-refractivity contribution in [2.45, 2.75) is 6.92 Å². The van der Waals surface area contributed by atoms with Crippen molar-refractivity contribution in [2.24, 2.45) is 0 Å². The lowest BCUT2D eigenvalue weighted by Gasteiger charge is -2.23. The number of H-pyrrole nitrogens is 1. The van der Waals surface area contributed by atoms with E-state index >= 15 is 0 Å². The molecule has 0 amide bonds. The van der Waals surface area contributed by atoms with Crippen molar-refractivity contribution < 1.29 is 19.1 Å². The first-order valence-corrected chi connectivity index (χ1v) is 8.09. The number of hydrogen-bond acceptors (Lipinski definition) is 7. The van der Waals surface area contributed by atoms with Crippen LogP contribution in [0.3, 0.4) is 0 Å². The zero-order valence-corrected chi connectivity index (χ0v) is 15.1. The summed E-state index contributed by atoms with van der Waals surface area (Å²) in [7, 11) is 2.51. The topological polar surface area (TPSA) is 97.4 Å². The Kier molecular flexibility index (Phi) is 5.16. The number of carbonyl (C=O) groups is 2. The number of methoxy groups -OCH3 is 2. The number of anilines is 1. The lowest BCUT2D eigenvalue weighted by Crippen LogP contribution is -2.26. The van der Waals surface area contributed by atoms with Gasteiger partial charge < -0.3 is 14.4 Å². The number of esters is 2. The number of nitrogens with zero attached hydrogens (tertiary/aromatic N) is 3. The van der Waals surface area contributed by atoms with Crippen LogP contribution in [0.15, 0.2) is 60.0 Å². The van der Waals surface area contributed by atoms with E-state index in [1.807, 2.05) is 25.1 Å². The molecule has 0 radical (unpaired) electrons. The molecule has 0 unspecified atom stereocenters. The lowest BCUT2D eigenvalue weighted by molar-refractivity contribution is -0.139. The highest BCUT2D eigenvalue weighted by Crippen LogP contribution is 2.29. The molecule has 8 heteroatoms. The van der Waals surface area contributed by atoms with Gasteiger partial charge in [0.05, 0.1) is 19.8 Å². The smallest absolute Gasteiger partial charge is 0.355 e. The predicted octanol–water partition coefficient (Wildman–Crippen LogP) is 2.27. The second kappa shape index (κ2) is 7.69. The van der Waals surface area contributed by atoms with Gasteiger partial charge in [-0.2, -0.15) is 5.10 Å². The highest BCUT2D eigenvalue weighted by molar-refractivity contribution is 6.05. The van der Waals surface area contributed by atoms with Crippen molar-refractivity contribution in [3.8, 4) is 11.4 Å². The fourth-order valence-corrected chi connectivity index (χ4v) is 2.63. The summed E-state index contributed by atoms with van der Waals surface area (Å²) in [5.41, 5.74) is 1.54. The predicted molar refractivity (Wildman–Crippen MR) is 98.4 cm³/mol. The molecule has 2 aromatic rings. The summed E-state index contributed by atoms with van der Waals surface area (Å²) in [6.07, 6.45) is 6.54. The van der Waals surface area contributed by atoms with Gasteiger partial charge in [0.2, 0.25) is 0 Å². The highest BCUT2D eigenvalue weighted by Gasteiger charge is 2.27. The number of allylic oxidation sites excluding steroid dienone is 2. The van der Waals surface area contributed by atoms with E-state index in [1.165, 1.54) is 20.3 Å². The largest absolute Gasteiger partial charge is 0.465 e. The van der Waals surface area contributed by atoms with Gasteiger partial charge in [-0.25, -0.2) is 14.6 Å². The molecule has 0 aliphatic carbocycles. The molecule has 27 heavy (non-hydrogen) atoms. The minimum atomic E-state index is -0.661. The minimum absolute atomic E-state index is 0.0534. The second-order valence-electron chi connectivity index (χ2n) is 5.61. The summed E-state index contributed by atoms with van der Waals surface area (Å²) in [5.74, 6) is -0.0766. The Hall–Kier alpha value is -3.68. The van der Waals surface area contributed by atoms with Crippen LogP contribution in [0, 0.1) is 6.92 Å². The zero-order chi connectivity index (χ0) is 19.4. The molecule has 1 N–H and O–H groups in total. The maximum Gasteiger partial charge on any atom is 0.355 e. The van der Waals surface area contributed by atoms with Crippen LogP contribution in [-0.4, -0.2) is 41.3 Å². The third kappa shape index (κ3) is 3.64. The fourth-order valence-electron chi connectivity index (χ4n) is 2.63. The van der Waals surface area contributed by atoms with Crippen LogP contribution in [0.25, 0.3) is 11.4 Å². The Bertz CT molecular complexity index is 972. The Balaban J connectivity index is 2.13. The van der Waals surface area contributed by atoms with Gasteiger partial charge in [-0.15, -0.1) is 0 Å². The van der Waals surface area contributed by atoms with Crippen molar-refractivity contribution in [1.29, 1.82) is 0 Å². The highest BCUT2D eigenvalue weighted by atomic mass is 16.5. The molecule has 0 fully saturated rings. The average molecular weight is 366 g/mol. The number of hydrogen-bond donors (Lipinski definition) is 1. The van der Waals surface area contributed by atoms with Crippen LogP contribution in [0.4, 0.5) is 5.69 Å². The summed E-state index contributed by atoms with van der Waals surface area (Å²) in [5, 5.41) is 6.95. The van der Waals surface area contributed by atoms with Gasteiger partial charge in [0.25, 0.3) is 0 Å². The van der Waals surface area contributed by atoms with E-state index in [0.29, 0.717) is 17.3 Å². The normalized spacial score (nSPS) is 13.5. The van der Waals surface area contributed by atoms with Gasteiger partial charge >= 0.3 is 11.9 Å². The van der Waals surface area contributed by atoms with Crippen LogP contribution in [-0.2, 0) is 19.1 Å². The molecule has 1 aromatic carbocycles. The van der Waals surface area contributed by atoms with E-state index in [-0.39, 0.29) is 11.3 Å². The monoisotopic (exact) mass is 366 g/mol. The SMILES string of the molecule is COC(=O)C1=C(C(=O)OC)N(c2cccc(-c3n[nH]c(C)n3)c2)C=CC=C1. The van der Waals surface area contributed by atoms with Crippen molar-refractivity contribution in [1.82, 2.24) is 15.2 Å². The van der Waals surface area contributed by atoms with Crippen LogP contribution in [0.1, 0.15) is 5.82 Å². The number of rotatable bonds is 4. The molecule has 138 valence electrons. The summed E-state index contributed by atoms with van der Waals surface area (Å²) >= 11 is 0. The molecule has 1 aliphatic heterocycles. The molecule has 2 heterocycles. The van der Waals surface area contributed by atoms with Crippen molar-refractivity contribution in [3.05, 3.63) is 65.8 Å². The van der Waals surface area contributed by atoms with Gasteiger partial charge in [-0.3, -0.25) is 5.10 Å². The molecule has 1 aliphatic rings. The van der Waals surface area contributed by atoms with Gasteiger partial charge in [-0.05, 0) is 31.2 Å². The van der Waals surface area contributed by atoms with Crippen LogP contribution >= 0.6 is 0 Å². The first-order valence-electron chi connectivity index (χ1n) is 8.09. The molecule has 0 saturated heterocycles. The number of aryl methyl sites for hydroxylation is 1. The van der Waals surface area contributed by atoms with E-state index in [4.69, 9.17) is 9.47 Å². The summed E-state index contributed by atoms with van der Waals surface area (Å²) in [6.45, 7) is 1.81. The van der Waals surface area contributed by atoms with Crippen LogP contribution in [0.2, 0.25) is 0 Å². The Labute approximate surface area is 155 Å². The van der Waals surface area contributed by atoms with Gasteiger partial charge in [0.1, 0.15) is 11.5 Å². The van der Waals surface area contributed by atoms with Gasteiger partial charge in [0, 0.05) is 17.5 Å². The third-order valence-corrected chi connectivity index (χ3v) is 3.87. The Morgan fingerprint density at radius 3 is 2.56 bits per heavy atom. The van der Waals surface area contributed by atoms with Crippen molar-refractivity contribution in [2.75, 3.05) is 19.1 Å². The molecule has 0 saturated carbocycles. The Morgan fingerprint density at radius 1 is 1.11 bits per heavy atom. The number of nitrogens with one attached hydrogen (secondary N) is 1. The average Bonchev–Trinajstić information content (AvgIpc) is 3.01. The molecular weight excluding hydrogens is 348 g/mol. The summed E-state index contributed by atoms with van der Waals surface area (Å²) < 4.78 is 9.71. The molecule has 3 rings (SSSR count). The number of ether oxygens (including phenoxy) is 2. The second-order valence-corrected chi connectivity index (χ2v) is 5.61. The third-order valence-electron chi connectivity index (χ3n) is 3.87. The lowest BCUT2D eigenvalue weighted by atomic mass is 10.1. The van der Waals surface area contributed by atoms with Crippen molar-refractivity contribution >= 4 is 17.6 Å².